The number of hydrogen-bond acceptors (Lipinski definition) is 3. The van der Waals surface area contributed by atoms with Gasteiger partial charge in [-0.2, -0.15) is 0 Å². The second kappa shape index (κ2) is 5.20. The molecule has 3 nitrogen and oxygen atoms in total. The van der Waals surface area contributed by atoms with Crippen molar-refractivity contribution < 1.29 is 9.47 Å². The van der Waals surface area contributed by atoms with Gasteiger partial charge in [0.25, 0.3) is 0 Å². The highest BCUT2D eigenvalue weighted by atomic mass is 35.5. The molecule has 0 amide bonds. The Balaban J connectivity index is 2.95. The first kappa shape index (κ1) is 11.3. The Hall–Kier alpha value is -0.770. The zero-order chi connectivity index (χ0) is 10.6. The predicted molar refractivity (Wildman–Crippen MR) is 56.8 cm³/mol. The molecule has 0 fully saturated rings. The topological polar surface area (TPSA) is 44.5 Å². The largest absolute Gasteiger partial charge is 0.496 e. The summed E-state index contributed by atoms with van der Waals surface area (Å²) < 4.78 is 10.1. The molecule has 1 atom stereocenters. The molecule has 0 heterocycles. The van der Waals surface area contributed by atoms with Gasteiger partial charge in [0, 0.05) is 17.7 Å². The van der Waals surface area contributed by atoms with Crippen molar-refractivity contribution in [3.63, 3.8) is 0 Å². The molecule has 0 spiro atoms. The zero-order valence-corrected chi connectivity index (χ0v) is 9.04. The number of halogens is 1. The van der Waals surface area contributed by atoms with Gasteiger partial charge >= 0.3 is 0 Å². The minimum absolute atomic E-state index is 0.188. The van der Waals surface area contributed by atoms with Crippen LogP contribution in [0.2, 0.25) is 5.02 Å². The Morgan fingerprint density at radius 2 is 2.14 bits per heavy atom. The van der Waals surface area contributed by atoms with Crippen LogP contribution in [0.1, 0.15) is 11.6 Å². The van der Waals surface area contributed by atoms with E-state index >= 15 is 0 Å². The average Bonchev–Trinajstić information content (AvgIpc) is 2.17. The molecule has 2 N–H and O–H groups in total. The van der Waals surface area contributed by atoms with Crippen LogP contribution in [0.5, 0.6) is 5.75 Å². The molecule has 1 unspecified atom stereocenters. The maximum atomic E-state index is 5.88. The van der Waals surface area contributed by atoms with Crippen LogP contribution < -0.4 is 10.5 Å². The lowest BCUT2D eigenvalue weighted by Gasteiger charge is -2.14. The monoisotopic (exact) mass is 215 g/mol. The lowest BCUT2D eigenvalue weighted by Crippen LogP contribution is -2.16. The first-order valence-corrected chi connectivity index (χ1v) is 4.64. The second-order valence-electron chi connectivity index (χ2n) is 2.95. The van der Waals surface area contributed by atoms with E-state index in [0.717, 1.165) is 5.56 Å². The fraction of sp³-hybridized carbons (Fsp3) is 0.400. The number of ether oxygens (including phenoxy) is 2. The smallest absolute Gasteiger partial charge is 0.125 e. The molecule has 1 rings (SSSR count). The summed E-state index contributed by atoms with van der Waals surface area (Å²) in [7, 11) is 3.21. The Kier molecular flexibility index (Phi) is 4.20. The molecule has 0 aliphatic rings. The third kappa shape index (κ3) is 2.61. The summed E-state index contributed by atoms with van der Waals surface area (Å²) in [6.45, 7) is 0.456. The van der Waals surface area contributed by atoms with E-state index in [2.05, 4.69) is 0 Å². The second-order valence-corrected chi connectivity index (χ2v) is 3.38. The van der Waals surface area contributed by atoms with Crippen molar-refractivity contribution in [1.82, 2.24) is 0 Å². The molecule has 0 saturated carbocycles. The minimum Gasteiger partial charge on any atom is -0.496 e. The van der Waals surface area contributed by atoms with Gasteiger partial charge in [-0.1, -0.05) is 17.7 Å². The molecule has 0 bridgehead atoms. The summed E-state index contributed by atoms with van der Waals surface area (Å²) in [5, 5.41) is 0.634. The Bertz CT molecular complexity index is 304. The predicted octanol–water partition coefficient (Wildman–Crippen LogP) is 1.99. The van der Waals surface area contributed by atoms with Crippen LogP contribution in [0.25, 0.3) is 0 Å². The summed E-state index contributed by atoms with van der Waals surface area (Å²) in [4.78, 5) is 0. The van der Waals surface area contributed by atoms with Crippen LogP contribution in [0.4, 0.5) is 0 Å². The van der Waals surface area contributed by atoms with Crippen molar-refractivity contribution in [3.05, 3.63) is 28.8 Å². The SMILES string of the molecule is COCC(N)c1ccc(Cl)cc1OC. The third-order valence-electron chi connectivity index (χ3n) is 1.94. The average molecular weight is 216 g/mol. The Labute approximate surface area is 88.8 Å². The van der Waals surface area contributed by atoms with Crippen LogP contribution in [-0.2, 0) is 4.74 Å². The maximum Gasteiger partial charge on any atom is 0.125 e. The summed E-state index contributed by atoms with van der Waals surface area (Å²) in [5.74, 6) is 0.696. The van der Waals surface area contributed by atoms with Gasteiger partial charge in [-0.05, 0) is 12.1 Å². The van der Waals surface area contributed by atoms with Gasteiger partial charge in [-0.3, -0.25) is 0 Å². The first-order chi connectivity index (χ1) is 6.69. The van der Waals surface area contributed by atoms with Crippen molar-refractivity contribution in [2.75, 3.05) is 20.8 Å². The van der Waals surface area contributed by atoms with E-state index < -0.39 is 0 Å². The first-order valence-electron chi connectivity index (χ1n) is 4.27. The highest BCUT2D eigenvalue weighted by molar-refractivity contribution is 6.30. The van der Waals surface area contributed by atoms with Crippen LogP contribution >= 0.6 is 11.6 Å². The van der Waals surface area contributed by atoms with Crippen molar-refractivity contribution in [2.45, 2.75) is 6.04 Å². The molecule has 0 aliphatic heterocycles. The van der Waals surface area contributed by atoms with Gasteiger partial charge in [0.1, 0.15) is 5.75 Å². The number of nitrogens with two attached hydrogens (primary N) is 1. The molecule has 78 valence electrons. The molecular formula is C10H14ClNO2. The Morgan fingerprint density at radius 1 is 1.43 bits per heavy atom. The van der Waals surface area contributed by atoms with Gasteiger partial charge in [-0.25, -0.2) is 0 Å². The van der Waals surface area contributed by atoms with Crippen LogP contribution in [0.3, 0.4) is 0 Å². The van der Waals surface area contributed by atoms with E-state index in [-0.39, 0.29) is 6.04 Å². The van der Waals surface area contributed by atoms with Crippen LogP contribution in [0.15, 0.2) is 18.2 Å². The number of hydrogen-bond donors (Lipinski definition) is 1. The molecule has 1 aromatic rings. The van der Waals surface area contributed by atoms with E-state index in [1.54, 1.807) is 26.4 Å². The van der Waals surface area contributed by atoms with Gasteiger partial charge in [0.05, 0.1) is 19.8 Å². The molecule has 0 aliphatic carbocycles. The summed E-state index contributed by atoms with van der Waals surface area (Å²) in [5.41, 5.74) is 6.79. The van der Waals surface area contributed by atoms with Gasteiger partial charge in [0.15, 0.2) is 0 Å². The summed E-state index contributed by atoms with van der Waals surface area (Å²) in [6.07, 6.45) is 0. The van der Waals surface area contributed by atoms with E-state index in [9.17, 15) is 0 Å². The minimum atomic E-state index is -0.188. The Morgan fingerprint density at radius 3 is 2.71 bits per heavy atom. The normalized spacial score (nSPS) is 12.6. The standard InChI is InChI=1S/C10H14ClNO2/c1-13-6-9(12)8-4-3-7(11)5-10(8)14-2/h3-5,9H,6,12H2,1-2H3. The van der Waals surface area contributed by atoms with Crippen molar-refractivity contribution >= 4 is 11.6 Å². The fourth-order valence-electron chi connectivity index (χ4n) is 1.26. The number of methoxy groups -OCH3 is 2. The lowest BCUT2D eigenvalue weighted by molar-refractivity contribution is 0.179. The number of rotatable bonds is 4. The maximum absolute atomic E-state index is 5.88. The van der Waals surface area contributed by atoms with Crippen LogP contribution in [-0.4, -0.2) is 20.8 Å². The molecule has 0 saturated heterocycles. The van der Waals surface area contributed by atoms with E-state index in [1.165, 1.54) is 0 Å². The van der Waals surface area contributed by atoms with Gasteiger partial charge in [0.2, 0.25) is 0 Å². The molecule has 0 aromatic heterocycles. The molecule has 1 aromatic carbocycles. The highest BCUT2D eigenvalue weighted by Gasteiger charge is 2.11. The van der Waals surface area contributed by atoms with Crippen molar-refractivity contribution in [3.8, 4) is 5.75 Å². The summed E-state index contributed by atoms with van der Waals surface area (Å²) >= 11 is 5.83. The molecule has 4 heteroatoms. The lowest BCUT2D eigenvalue weighted by atomic mass is 10.1. The molecule has 14 heavy (non-hydrogen) atoms. The zero-order valence-electron chi connectivity index (χ0n) is 8.29. The van der Waals surface area contributed by atoms with E-state index in [4.69, 9.17) is 26.8 Å². The van der Waals surface area contributed by atoms with Crippen LogP contribution in [0, 0.1) is 0 Å². The van der Waals surface area contributed by atoms with Crippen molar-refractivity contribution in [1.29, 1.82) is 0 Å². The van der Waals surface area contributed by atoms with Crippen molar-refractivity contribution in [2.24, 2.45) is 5.73 Å². The van der Waals surface area contributed by atoms with E-state index in [0.29, 0.717) is 17.4 Å². The molecule has 0 radical (unpaired) electrons. The van der Waals surface area contributed by atoms with Gasteiger partial charge in [-0.15, -0.1) is 0 Å². The van der Waals surface area contributed by atoms with Gasteiger partial charge < -0.3 is 15.2 Å². The van der Waals surface area contributed by atoms with E-state index in [1.807, 2.05) is 6.07 Å². The quantitative estimate of drug-likeness (QED) is 0.836. The summed E-state index contributed by atoms with van der Waals surface area (Å²) in [6, 6.07) is 5.19. The highest BCUT2D eigenvalue weighted by Crippen LogP contribution is 2.27. The number of benzene rings is 1. The molecular weight excluding hydrogens is 202 g/mol. The fourth-order valence-corrected chi connectivity index (χ4v) is 1.42. The third-order valence-corrected chi connectivity index (χ3v) is 2.18.